The molecule has 0 radical (unpaired) electrons. The minimum atomic E-state index is -0.263. The Kier molecular flexibility index (Phi) is 3.03. The van der Waals surface area contributed by atoms with Crippen LogP contribution in [0.1, 0.15) is 30.0 Å². The number of amides is 1. The van der Waals surface area contributed by atoms with Crippen LogP contribution in [0.25, 0.3) is 11.1 Å². The number of aromatic nitrogens is 1. The van der Waals surface area contributed by atoms with Gasteiger partial charge in [0, 0.05) is 11.8 Å². The van der Waals surface area contributed by atoms with Crippen LogP contribution in [0.2, 0.25) is 0 Å². The molecule has 19 heavy (non-hydrogen) atoms. The summed E-state index contributed by atoms with van der Waals surface area (Å²) in [6.07, 6.45) is 4.64. The lowest BCUT2D eigenvalue weighted by atomic mass is 9.85. The lowest BCUT2D eigenvalue weighted by Gasteiger charge is -2.22. The lowest BCUT2D eigenvalue weighted by Crippen LogP contribution is -2.26. The Morgan fingerprint density at radius 1 is 1.21 bits per heavy atom. The smallest absolute Gasteiger partial charge is 0.226 e. The Labute approximate surface area is 112 Å². The summed E-state index contributed by atoms with van der Waals surface area (Å²) in [5, 5.41) is 0. The van der Waals surface area contributed by atoms with Gasteiger partial charge in [0.1, 0.15) is 0 Å². The number of pyridine rings is 1. The average Bonchev–Trinajstić information content (AvgIpc) is 2.47. The normalized spacial score (nSPS) is 17.8. The number of nitrogens with two attached hydrogens (primary N) is 1. The van der Waals surface area contributed by atoms with Crippen molar-refractivity contribution in [2.45, 2.75) is 25.2 Å². The third-order valence-corrected chi connectivity index (χ3v) is 3.72. The van der Waals surface area contributed by atoms with E-state index in [9.17, 15) is 4.79 Å². The van der Waals surface area contributed by atoms with Crippen molar-refractivity contribution >= 4 is 5.91 Å². The lowest BCUT2D eigenvalue weighted by molar-refractivity contribution is -0.119. The van der Waals surface area contributed by atoms with Crippen LogP contribution in [0.15, 0.2) is 42.6 Å². The average molecular weight is 252 g/mol. The molecule has 0 saturated carbocycles. The van der Waals surface area contributed by atoms with Gasteiger partial charge in [-0.1, -0.05) is 30.3 Å². The Bertz CT molecular complexity index is 607. The molecule has 2 N–H and O–H groups in total. The van der Waals surface area contributed by atoms with Gasteiger partial charge in [-0.25, -0.2) is 0 Å². The molecule has 1 unspecified atom stereocenters. The van der Waals surface area contributed by atoms with Crippen LogP contribution >= 0.6 is 0 Å². The van der Waals surface area contributed by atoms with Crippen molar-refractivity contribution in [3.05, 3.63) is 53.9 Å². The van der Waals surface area contributed by atoms with E-state index in [2.05, 4.69) is 23.2 Å². The number of carbonyl (C=O) groups is 1. The molecule has 2 aromatic rings. The summed E-state index contributed by atoms with van der Waals surface area (Å²) < 4.78 is 0. The van der Waals surface area contributed by atoms with Crippen LogP contribution in [0.5, 0.6) is 0 Å². The van der Waals surface area contributed by atoms with Crippen molar-refractivity contribution in [2.24, 2.45) is 5.73 Å². The van der Waals surface area contributed by atoms with E-state index in [4.69, 9.17) is 5.73 Å². The fraction of sp³-hybridized carbons (Fsp3) is 0.250. The minimum Gasteiger partial charge on any atom is -0.369 e. The molecule has 0 spiro atoms. The van der Waals surface area contributed by atoms with Crippen LogP contribution in [-0.4, -0.2) is 10.9 Å². The highest BCUT2D eigenvalue weighted by Gasteiger charge is 2.26. The van der Waals surface area contributed by atoms with E-state index in [1.807, 2.05) is 24.4 Å². The van der Waals surface area contributed by atoms with E-state index in [1.54, 1.807) is 0 Å². The predicted molar refractivity (Wildman–Crippen MR) is 74.5 cm³/mol. The zero-order valence-electron chi connectivity index (χ0n) is 10.7. The molecule has 0 aliphatic heterocycles. The van der Waals surface area contributed by atoms with E-state index in [1.165, 1.54) is 0 Å². The molecule has 1 aliphatic rings. The summed E-state index contributed by atoms with van der Waals surface area (Å²) in [5.41, 5.74) is 9.74. The monoisotopic (exact) mass is 252 g/mol. The molecule has 1 amide bonds. The molecule has 1 aromatic carbocycles. The number of hydrogen-bond donors (Lipinski definition) is 1. The largest absolute Gasteiger partial charge is 0.369 e. The maximum absolute atomic E-state index is 11.5. The topological polar surface area (TPSA) is 56.0 Å². The maximum Gasteiger partial charge on any atom is 0.226 e. The van der Waals surface area contributed by atoms with Crippen LogP contribution in [0, 0.1) is 0 Å². The van der Waals surface area contributed by atoms with Gasteiger partial charge in [-0.3, -0.25) is 9.78 Å². The highest BCUT2D eigenvalue weighted by molar-refractivity contribution is 5.82. The number of benzene rings is 1. The van der Waals surface area contributed by atoms with Crippen LogP contribution in [0.4, 0.5) is 0 Å². The molecule has 3 heteroatoms. The van der Waals surface area contributed by atoms with Gasteiger partial charge in [0.15, 0.2) is 0 Å². The summed E-state index contributed by atoms with van der Waals surface area (Å²) >= 11 is 0. The van der Waals surface area contributed by atoms with Gasteiger partial charge in [0.05, 0.1) is 11.6 Å². The SMILES string of the molecule is NC(=O)C1CCCc2cc(-c3ccccc3)cnc21. The molecule has 3 rings (SSSR count). The second kappa shape index (κ2) is 4.84. The number of rotatable bonds is 2. The van der Waals surface area contributed by atoms with Crippen molar-refractivity contribution in [1.82, 2.24) is 4.98 Å². The summed E-state index contributed by atoms with van der Waals surface area (Å²) in [6.45, 7) is 0. The third-order valence-electron chi connectivity index (χ3n) is 3.72. The van der Waals surface area contributed by atoms with Crippen LogP contribution in [0.3, 0.4) is 0 Å². The van der Waals surface area contributed by atoms with E-state index >= 15 is 0 Å². The first-order valence-corrected chi connectivity index (χ1v) is 6.59. The number of nitrogens with zero attached hydrogens (tertiary/aromatic N) is 1. The van der Waals surface area contributed by atoms with Crippen LogP contribution < -0.4 is 5.73 Å². The number of aryl methyl sites for hydroxylation is 1. The number of carbonyl (C=O) groups excluding carboxylic acids is 1. The Balaban J connectivity index is 2.03. The zero-order chi connectivity index (χ0) is 13.2. The first-order chi connectivity index (χ1) is 9.25. The van der Waals surface area contributed by atoms with Crippen molar-refractivity contribution in [1.29, 1.82) is 0 Å². The van der Waals surface area contributed by atoms with Gasteiger partial charge in [-0.15, -0.1) is 0 Å². The summed E-state index contributed by atoms with van der Waals surface area (Å²) in [4.78, 5) is 16.0. The van der Waals surface area contributed by atoms with Gasteiger partial charge < -0.3 is 5.73 Å². The number of fused-ring (bicyclic) bond motifs is 1. The molecular formula is C16H16N2O. The van der Waals surface area contributed by atoms with Gasteiger partial charge >= 0.3 is 0 Å². The van der Waals surface area contributed by atoms with Gasteiger partial charge in [-0.2, -0.15) is 0 Å². The number of hydrogen-bond acceptors (Lipinski definition) is 2. The molecule has 1 heterocycles. The van der Waals surface area contributed by atoms with Gasteiger partial charge in [-0.05, 0) is 36.5 Å². The molecule has 3 nitrogen and oxygen atoms in total. The second-order valence-electron chi connectivity index (χ2n) is 4.98. The van der Waals surface area contributed by atoms with Crippen LogP contribution in [-0.2, 0) is 11.2 Å². The Morgan fingerprint density at radius 2 is 2.00 bits per heavy atom. The molecular weight excluding hydrogens is 236 g/mol. The molecule has 0 fully saturated rings. The summed E-state index contributed by atoms with van der Waals surface area (Å²) in [6, 6.07) is 12.3. The van der Waals surface area contributed by atoms with Crippen molar-refractivity contribution < 1.29 is 4.79 Å². The quantitative estimate of drug-likeness (QED) is 0.893. The number of primary amides is 1. The van der Waals surface area contributed by atoms with E-state index < -0.39 is 0 Å². The molecule has 1 atom stereocenters. The molecule has 96 valence electrons. The predicted octanol–water partition coefficient (Wildman–Crippen LogP) is 2.65. The molecule has 0 saturated heterocycles. The second-order valence-corrected chi connectivity index (χ2v) is 4.98. The van der Waals surface area contributed by atoms with Crippen molar-refractivity contribution in [3.8, 4) is 11.1 Å². The van der Waals surface area contributed by atoms with Crippen molar-refractivity contribution in [2.75, 3.05) is 0 Å². The highest BCUT2D eigenvalue weighted by Crippen LogP contribution is 2.32. The molecule has 0 bridgehead atoms. The molecule has 1 aromatic heterocycles. The fourth-order valence-electron chi connectivity index (χ4n) is 2.73. The standard InChI is InChI=1S/C16H16N2O/c17-16(19)14-8-4-7-12-9-13(10-18-15(12)14)11-5-2-1-3-6-11/h1-3,5-6,9-10,14H,4,7-8H2,(H2,17,19). The zero-order valence-corrected chi connectivity index (χ0v) is 10.7. The van der Waals surface area contributed by atoms with E-state index in [0.29, 0.717) is 0 Å². The van der Waals surface area contributed by atoms with Crippen molar-refractivity contribution in [3.63, 3.8) is 0 Å². The molecule has 1 aliphatic carbocycles. The first kappa shape index (κ1) is 11.9. The van der Waals surface area contributed by atoms with Gasteiger partial charge in [0.2, 0.25) is 5.91 Å². The Hall–Kier alpha value is -2.16. The third kappa shape index (κ3) is 2.24. The Morgan fingerprint density at radius 3 is 2.74 bits per heavy atom. The fourth-order valence-corrected chi connectivity index (χ4v) is 2.73. The highest BCUT2D eigenvalue weighted by atomic mass is 16.1. The minimum absolute atomic E-state index is 0.214. The van der Waals surface area contributed by atoms with E-state index in [-0.39, 0.29) is 11.8 Å². The van der Waals surface area contributed by atoms with E-state index in [0.717, 1.165) is 41.6 Å². The first-order valence-electron chi connectivity index (χ1n) is 6.59. The summed E-state index contributed by atoms with van der Waals surface area (Å²) in [7, 11) is 0. The maximum atomic E-state index is 11.5. The van der Waals surface area contributed by atoms with Gasteiger partial charge in [0.25, 0.3) is 0 Å². The summed E-state index contributed by atoms with van der Waals surface area (Å²) in [5.74, 6) is -0.477.